The van der Waals surface area contributed by atoms with E-state index in [1.54, 1.807) is 0 Å². The molecule has 1 unspecified atom stereocenters. The van der Waals surface area contributed by atoms with Crippen molar-refractivity contribution in [1.29, 1.82) is 0 Å². The molecule has 3 aromatic carbocycles. The summed E-state index contributed by atoms with van der Waals surface area (Å²) in [5.74, 6) is 0.143. The van der Waals surface area contributed by atoms with Gasteiger partial charge >= 0.3 is 6.18 Å². The lowest BCUT2D eigenvalue weighted by Gasteiger charge is -2.28. The average Bonchev–Trinajstić information content (AvgIpc) is 3.19. The van der Waals surface area contributed by atoms with E-state index in [0.717, 1.165) is 33.7 Å². The first-order chi connectivity index (χ1) is 17.4. The molecule has 3 nitrogen and oxygen atoms in total. The summed E-state index contributed by atoms with van der Waals surface area (Å²) in [5.41, 5.74) is 4.48. The summed E-state index contributed by atoms with van der Waals surface area (Å²) in [5, 5.41) is 1.55. The Morgan fingerprint density at radius 1 is 0.919 bits per heavy atom. The maximum atomic E-state index is 14.1. The van der Waals surface area contributed by atoms with Crippen LogP contribution in [0.4, 0.5) is 13.2 Å². The number of aryl methyl sites for hydroxylation is 2. The number of ether oxygens (including phenoxy) is 2. The summed E-state index contributed by atoms with van der Waals surface area (Å²) in [7, 11) is -2.89. The standard InChI is InChI=1S/C28H29ClF3O3PSi/c1-17-10-9-11-18(2)23(17)24-19-12-7-8-13-21(19)35-27(24)36(29)22-15-14-20(28(30,31)32)26(37(4,5)6)25(22)34-16-33-3/h7-15H,16H2,1-6H3. The lowest BCUT2D eigenvalue weighted by molar-refractivity contribution is -0.136. The zero-order valence-electron chi connectivity index (χ0n) is 21.6. The Bertz CT molecular complexity index is 1420. The second-order valence-corrected chi connectivity index (χ2v) is 17.4. The molecule has 1 aromatic heterocycles. The quantitative estimate of drug-likeness (QED) is 0.130. The van der Waals surface area contributed by atoms with E-state index in [-0.39, 0.29) is 17.7 Å². The van der Waals surface area contributed by atoms with Crippen LogP contribution in [0, 0.1) is 13.8 Å². The number of hydrogen-bond acceptors (Lipinski definition) is 3. The molecule has 0 aliphatic heterocycles. The molecule has 0 radical (unpaired) electrons. The van der Waals surface area contributed by atoms with Gasteiger partial charge in [0.2, 0.25) is 0 Å². The van der Waals surface area contributed by atoms with Gasteiger partial charge in [0.05, 0.1) is 20.9 Å². The third-order valence-corrected chi connectivity index (χ3v) is 10.7. The third kappa shape index (κ3) is 5.33. The molecule has 1 heterocycles. The first-order valence-electron chi connectivity index (χ1n) is 11.8. The highest BCUT2D eigenvalue weighted by molar-refractivity contribution is 7.95. The predicted molar refractivity (Wildman–Crippen MR) is 150 cm³/mol. The molecule has 1 atom stereocenters. The molecule has 9 heteroatoms. The topological polar surface area (TPSA) is 31.6 Å². The maximum Gasteiger partial charge on any atom is 0.416 e. The molecular weight excluding hydrogens is 536 g/mol. The van der Waals surface area contributed by atoms with Gasteiger partial charge in [-0.3, -0.25) is 0 Å². The SMILES string of the molecule is COCOc1c(P(Cl)c2oc3ccccc3c2-c2c(C)cccc2C)ccc(C(F)(F)F)c1[Si](C)(C)C. The van der Waals surface area contributed by atoms with E-state index in [0.29, 0.717) is 16.4 Å². The lowest BCUT2D eigenvalue weighted by Crippen LogP contribution is -2.45. The number of fused-ring (bicyclic) bond motifs is 1. The zero-order chi connectivity index (χ0) is 27.1. The number of para-hydroxylation sites is 1. The summed E-state index contributed by atoms with van der Waals surface area (Å²) in [6, 6.07) is 16.3. The van der Waals surface area contributed by atoms with Crippen LogP contribution in [0.2, 0.25) is 19.6 Å². The van der Waals surface area contributed by atoms with E-state index >= 15 is 0 Å². The van der Waals surface area contributed by atoms with Gasteiger partial charge in [0, 0.05) is 23.4 Å². The lowest BCUT2D eigenvalue weighted by atomic mass is 9.95. The molecule has 0 spiro atoms. The van der Waals surface area contributed by atoms with Crippen molar-refractivity contribution in [3.63, 3.8) is 0 Å². The van der Waals surface area contributed by atoms with Gasteiger partial charge in [0.1, 0.15) is 11.3 Å². The summed E-state index contributed by atoms with van der Waals surface area (Å²) in [6.07, 6.45) is -4.53. The summed E-state index contributed by atoms with van der Waals surface area (Å²) in [6.45, 7) is 9.44. The van der Waals surface area contributed by atoms with E-state index in [9.17, 15) is 13.2 Å². The number of hydrogen-bond donors (Lipinski definition) is 0. The van der Waals surface area contributed by atoms with E-state index in [1.165, 1.54) is 13.2 Å². The number of benzene rings is 3. The number of alkyl halides is 3. The van der Waals surface area contributed by atoms with Crippen LogP contribution in [0.25, 0.3) is 22.1 Å². The fourth-order valence-corrected chi connectivity index (χ4v) is 8.87. The van der Waals surface area contributed by atoms with E-state index in [2.05, 4.69) is 0 Å². The normalized spacial score (nSPS) is 13.2. The van der Waals surface area contributed by atoms with Gasteiger partial charge in [-0.05, 0) is 53.9 Å². The minimum atomic E-state index is -4.53. The van der Waals surface area contributed by atoms with Crippen LogP contribution < -0.4 is 20.7 Å². The largest absolute Gasteiger partial charge is 0.467 e. The van der Waals surface area contributed by atoms with Crippen LogP contribution in [0.15, 0.2) is 59.0 Å². The van der Waals surface area contributed by atoms with Crippen molar-refractivity contribution < 1.29 is 27.1 Å². The van der Waals surface area contributed by atoms with Crippen LogP contribution in [-0.2, 0) is 10.9 Å². The van der Waals surface area contributed by atoms with Crippen LogP contribution in [0.1, 0.15) is 16.7 Å². The van der Waals surface area contributed by atoms with Crippen molar-refractivity contribution in [2.75, 3.05) is 13.9 Å². The fraction of sp³-hybridized carbons (Fsp3) is 0.286. The van der Waals surface area contributed by atoms with E-state index in [4.69, 9.17) is 25.1 Å². The Morgan fingerprint density at radius 3 is 2.16 bits per heavy atom. The molecular formula is C28H29ClF3O3PSi. The zero-order valence-corrected chi connectivity index (χ0v) is 24.2. The van der Waals surface area contributed by atoms with Gasteiger partial charge in [0.15, 0.2) is 12.3 Å². The minimum absolute atomic E-state index is 0.143. The molecule has 0 aliphatic rings. The molecule has 0 saturated heterocycles. The van der Waals surface area contributed by atoms with Crippen molar-refractivity contribution in [2.24, 2.45) is 0 Å². The molecule has 196 valence electrons. The van der Waals surface area contributed by atoms with Crippen molar-refractivity contribution >= 4 is 53.6 Å². The second kappa shape index (κ2) is 10.5. The Balaban J connectivity index is 2.04. The molecule has 0 amide bonds. The maximum absolute atomic E-state index is 14.1. The number of halogens is 4. The fourth-order valence-electron chi connectivity index (χ4n) is 4.70. The highest BCUT2D eigenvalue weighted by atomic mass is 35.7. The van der Waals surface area contributed by atoms with Gasteiger partial charge in [-0.25, -0.2) is 0 Å². The second-order valence-electron chi connectivity index (χ2n) is 9.96. The van der Waals surface area contributed by atoms with Crippen LogP contribution >= 0.6 is 18.5 Å². The molecule has 4 aromatic rings. The summed E-state index contributed by atoms with van der Waals surface area (Å²) in [4.78, 5) is 0. The molecule has 0 bridgehead atoms. The van der Waals surface area contributed by atoms with Gasteiger partial charge in [-0.2, -0.15) is 13.2 Å². The van der Waals surface area contributed by atoms with Gasteiger partial charge < -0.3 is 13.9 Å². The average molecular weight is 565 g/mol. The van der Waals surface area contributed by atoms with Crippen molar-refractivity contribution in [2.45, 2.75) is 39.7 Å². The molecule has 0 N–H and O–H groups in total. The highest BCUT2D eigenvalue weighted by Gasteiger charge is 2.41. The van der Waals surface area contributed by atoms with Gasteiger partial charge in [0.25, 0.3) is 0 Å². The van der Waals surface area contributed by atoms with Crippen molar-refractivity contribution in [3.8, 4) is 16.9 Å². The molecule has 37 heavy (non-hydrogen) atoms. The van der Waals surface area contributed by atoms with E-state index in [1.807, 2.05) is 76.0 Å². The van der Waals surface area contributed by atoms with Crippen LogP contribution in [0.5, 0.6) is 5.75 Å². The molecule has 4 rings (SSSR count). The van der Waals surface area contributed by atoms with Gasteiger partial charge in [-0.1, -0.05) is 67.3 Å². The Labute approximate surface area is 222 Å². The summed E-state index contributed by atoms with van der Waals surface area (Å²) >= 11 is 7.22. The number of rotatable bonds is 7. The highest BCUT2D eigenvalue weighted by Crippen LogP contribution is 2.49. The van der Waals surface area contributed by atoms with Crippen LogP contribution in [0.3, 0.4) is 0 Å². The van der Waals surface area contributed by atoms with E-state index < -0.39 is 27.1 Å². The Kier molecular flexibility index (Phi) is 7.83. The number of furan rings is 1. The molecule has 0 aliphatic carbocycles. The van der Waals surface area contributed by atoms with Gasteiger partial charge in [-0.15, -0.1) is 0 Å². The monoisotopic (exact) mass is 564 g/mol. The smallest absolute Gasteiger partial charge is 0.416 e. The minimum Gasteiger partial charge on any atom is -0.467 e. The number of methoxy groups -OCH3 is 1. The first-order valence-corrected chi connectivity index (χ1v) is 17.5. The van der Waals surface area contributed by atoms with Crippen molar-refractivity contribution in [3.05, 3.63) is 71.3 Å². The Hall–Kier alpha value is -2.31. The van der Waals surface area contributed by atoms with Crippen molar-refractivity contribution in [1.82, 2.24) is 0 Å². The molecule has 0 fully saturated rings. The predicted octanol–water partition coefficient (Wildman–Crippen LogP) is 7.85. The third-order valence-electron chi connectivity index (χ3n) is 6.21. The molecule has 0 saturated carbocycles. The summed E-state index contributed by atoms with van der Waals surface area (Å²) < 4.78 is 59.8. The first kappa shape index (κ1) is 27.7. The Morgan fingerprint density at radius 2 is 1.57 bits per heavy atom. The van der Waals surface area contributed by atoms with Crippen LogP contribution in [-0.4, -0.2) is 22.0 Å².